The molecule has 1 fully saturated rings. The van der Waals surface area contributed by atoms with Crippen molar-refractivity contribution < 1.29 is 0 Å². The minimum atomic E-state index is 0.544. The van der Waals surface area contributed by atoms with Gasteiger partial charge >= 0.3 is 0 Å². The lowest BCUT2D eigenvalue weighted by molar-refractivity contribution is 0.638. The van der Waals surface area contributed by atoms with E-state index in [0.29, 0.717) is 5.15 Å². The number of nitrogens with zero attached hydrogens (tertiary/aromatic N) is 5. The summed E-state index contributed by atoms with van der Waals surface area (Å²) in [5.41, 5.74) is 2.32. The van der Waals surface area contributed by atoms with E-state index < -0.39 is 0 Å². The highest BCUT2D eigenvalue weighted by Gasteiger charge is 2.20. The summed E-state index contributed by atoms with van der Waals surface area (Å²) in [7, 11) is 0. The van der Waals surface area contributed by atoms with Crippen molar-refractivity contribution in [1.82, 2.24) is 15.0 Å². The van der Waals surface area contributed by atoms with E-state index in [1.165, 1.54) is 0 Å². The van der Waals surface area contributed by atoms with E-state index in [9.17, 15) is 0 Å². The van der Waals surface area contributed by atoms with Crippen molar-refractivity contribution in [2.75, 3.05) is 36.0 Å². The van der Waals surface area contributed by atoms with Crippen molar-refractivity contribution in [2.24, 2.45) is 0 Å². The van der Waals surface area contributed by atoms with Gasteiger partial charge in [0.2, 0.25) is 5.95 Å². The average molecular weight is 290 g/mol. The van der Waals surface area contributed by atoms with Gasteiger partial charge in [-0.2, -0.15) is 0 Å². The van der Waals surface area contributed by atoms with Gasteiger partial charge in [0.1, 0.15) is 5.15 Å². The molecule has 2 aromatic rings. The zero-order chi connectivity index (χ0) is 13.9. The van der Waals surface area contributed by atoms with Crippen molar-refractivity contribution in [1.29, 1.82) is 0 Å². The summed E-state index contributed by atoms with van der Waals surface area (Å²) < 4.78 is 0. The Morgan fingerprint density at radius 2 is 1.65 bits per heavy atom. The molecule has 2 aromatic heterocycles. The standard InChI is InChI=1S/C14H16ClN5/c1-11-9-13(15)18-10-12(11)19-5-7-20(8-6-19)14-16-3-2-4-17-14/h2-4,9-10H,5-8H2,1H3. The van der Waals surface area contributed by atoms with E-state index in [1.54, 1.807) is 12.4 Å². The largest absolute Gasteiger partial charge is 0.367 e. The maximum Gasteiger partial charge on any atom is 0.225 e. The van der Waals surface area contributed by atoms with Crippen LogP contribution in [0.3, 0.4) is 0 Å². The van der Waals surface area contributed by atoms with E-state index in [-0.39, 0.29) is 0 Å². The van der Waals surface area contributed by atoms with Crippen molar-refractivity contribution in [3.63, 3.8) is 0 Å². The van der Waals surface area contributed by atoms with Crippen LogP contribution in [0.4, 0.5) is 11.6 Å². The number of piperazine rings is 1. The minimum Gasteiger partial charge on any atom is -0.367 e. The SMILES string of the molecule is Cc1cc(Cl)ncc1N1CCN(c2ncccn2)CC1. The third-order valence-corrected chi connectivity index (χ3v) is 3.71. The Labute approximate surface area is 123 Å². The van der Waals surface area contributed by atoms with Crippen molar-refractivity contribution in [3.05, 3.63) is 41.4 Å². The molecule has 0 atom stereocenters. The molecular weight excluding hydrogens is 274 g/mol. The van der Waals surface area contributed by atoms with Crippen LogP contribution in [0.15, 0.2) is 30.7 Å². The van der Waals surface area contributed by atoms with Crippen LogP contribution in [-0.2, 0) is 0 Å². The first kappa shape index (κ1) is 13.1. The summed E-state index contributed by atoms with van der Waals surface area (Å²) in [5.74, 6) is 0.804. The van der Waals surface area contributed by atoms with Crippen LogP contribution in [0, 0.1) is 6.92 Å². The number of anilines is 2. The lowest BCUT2D eigenvalue weighted by Gasteiger charge is -2.36. The van der Waals surface area contributed by atoms with E-state index in [2.05, 4.69) is 31.7 Å². The second kappa shape index (κ2) is 5.63. The number of hydrogen-bond acceptors (Lipinski definition) is 5. The number of pyridine rings is 1. The van der Waals surface area contributed by atoms with Crippen LogP contribution < -0.4 is 9.80 Å². The molecule has 3 rings (SSSR count). The van der Waals surface area contributed by atoms with Gasteiger partial charge in [0.05, 0.1) is 11.9 Å². The Morgan fingerprint density at radius 3 is 2.30 bits per heavy atom. The molecule has 0 aliphatic carbocycles. The second-order valence-corrected chi connectivity index (χ2v) is 5.20. The summed E-state index contributed by atoms with van der Waals surface area (Å²) in [6, 6.07) is 3.74. The Bertz CT molecular complexity index is 581. The van der Waals surface area contributed by atoms with Crippen molar-refractivity contribution in [3.8, 4) is 0 Å². The molecule has 0 N–H and O–H groups in total. The zero-order valence-corrected chi connectivity index (χ0v) is 12.1. The summed E-state index contributed by atoms with van der Waals surface area (Å²) in [6.07, 6.45) is 5.41. The van der Waals surface area contributed by atoms with Crippen LogP contribution in [0.25, 0.3) is 0 Å². The van der Waals surface area contributed by atoms with Crippen LogP contribution in [0.1, 0.15) is 5.56 Å². The molecule has 0 radical (unpaired) electrons. The summed E-state index contributed by atoms with van der Waals surface area (Å²) in [6.45, 7) is 5.75. The molecule has 104 valence electrons. The van der Waals surface area contributed by atoms with Gasteiger partial charge in [-0.25, -0.2) is 15.0 Å². The Morgan fingerprint density at radius 1 is 1.00 bits per heavy atom. The number of hydrogen-bond donors (Lipinski definition) is 0. The number of aromatic nitrogens is 3. The first-order valence-electron chi connectivity index (χ1n) is 6.63. The van der Waals surface area contributed by atoms with Crippen LogP contribution in [0.5, 0.6) is 0 Å². The molecule has 5 nitrogen and oxygen atoms in total. The van der Waals surface area contributed by atoms with Gasteiger partial charge < -0.3 is 9.80 Å². The molecule has 1 saturated heterocycles. The Balaban J connectivity index is 1.69. The highest BCUT2D eigenvalue weighted by Crippen LogP contribution is 2.23. The van der Waals surface area contributed by atoms with Crippen molar-refractivity contribution >= 4 is 23.2 Å². The maximum atomic E-state index is 5.90. The molecule has 6 heteroatoms. The average Bonchev–Trinajstić information content (AvgIpc) is 2.48. The third-order valence-electron chi connectivity index (χ3n) is 3.51. The third kappa shape index (κ3) is 2.67. The van der Waals surface area contributed by atoms with Gasteiger partial charge in [-0.3, -0.25) is 0 Å². The molecule has 0 unspecified atom stereocenters. The van der Waals surface area contributed by atoms with Gasteiger partial charge in [-0.15, -0.1) is 0 Å². The second-order valence-electron chi connectivity index (χ2n) is 4.82. The highest BCUT2D eigenvalue weighted by molar-refractivity contribution is 6.29. The Kier molecular flexibility index (Phi) is 3.69. The molecule has 0 bridgehead atoms. The van der Waals surface area contributed by atoms with Crippen LogP contribution in [-0.4, -0.2) is 41.1 Å². The molecule has 0 spiro atoms. The van der Waals surface area contributed by atoms with Gasteiger partial charge in [0, 0.05) is 38.6 Å². The predicted octanol–water partition coefficient (Wildman–Crippen LogP) is 2.16. The molecule has 0 saturated carbocycles. The molecule has 0 amide bonds. The number of aryl methyl sites for hydroxylation is 1. The predicted molar refractivity (Wildman–Crippen MR) is 80.4 cm³/mol. The molecule has 20 heavy (non-hydrogen) atoms. The number of rotatable bonds is 2. The highest BCUT2D eigenvalue weighted by atomic mass is 35.5. The zero-order valence-electron chi connectivity index (χ0n) is 11.3. The first-order chi connectivity index (χ1) is 9.74. The monoisotopic (exact) mass is 289 g/mol. The summed E-state index contributed by atoms with van der Waals surface area (Å²) in [5, 5.41) is 0.544. The lowest BCUT2D eigenvalue weighted by atomic mass is 10.2. The normalized spacial score (nSPS) is 15.5. The number of halogens is 1. The first-order valence-corrected chi connectivity index (χ1v) is 7.01. The van der Waals surface area contributed by atoms with E-state index >= 15 is 0 Å². The molecule has 3 heterocycles. The molecule has 1 aliphatic heterocycles. The summed E-state index contributed by atoms with van der Waals surface area (Å²) >= 11 is 5.90. The molecule has 0 aromatic carbocycles. The van der Waals surface area contributed by atoms with E-state index in [4.69, 9.17) is 11.6 Å². The smallest absolute Gasteiger partial charge is 0.225 e. The van der Waals surface area contributed by atoms with Gasteiger partial charge in [0.15, 0.2) is 0 Å². The fourth-order valence-corrected chi connectivity index (χ4v) is 2.66. The maximum absolute atomic E-state index is 5.90. The van der Waals surface area contributed by atoms with Crippen LogP contribution in [0.2, 0.25) is 5.15 Å². The molecule has 1 aliphatic rings. The quantitative estimate of drug-likeness (QED) is 0.793. The van der Waals surface area contributed by atoms with Gasteiger partial charge in [-0.1, -0.05) is 11.6 Å². The van der Waals surface area contributed by atoms with Crippen LogP contribution >= 0.6 is 11.6 Å². The van der Waals surface area contributed by atoms with Gasteiger partial charge in [-0.05, 0) is 24.6 Å². The topological polar surface area (TPSA) is 45.2 Å². The van der Waals surface area contributed by atoms with Gasteiger partial charge in [0.25, 0.3) is 0 Å². The minimum absolute atomic E-state index is 0.544. The fourth-order valence-electron chi connectivity index (χ4n) is 2.45. The fraction of sp³-hybridized carbons (Fsp3) is 0.357. The van der Waals surface area contributed by atoms with E-state index in [1.807, 2.05) is 18.3 Å². The summed E-state index contributed by atoms with van der Waals surface area (Å²) in [4.78, 5) is 17.3. The molecular formula is C14H16ClN5. The lowest BCUT2D eigenvalue weighted by Crippen LogP contribution is -2.47. The van der Waals surface area contributed by atoms with Crippen molar-refractivity contribution in [2.45, 2.75) is 6.92 Å². The Hall–Kier alpha value is -1.88. The van der Waals surface area contributed by atoms with E-state index in [0.717, 1.165) is 43.4 Å².